The molecule has 112 valence electrons. The first-order chi connectivity index (χ1) is 10.1. The molecule has 0 bridgehead atoms. The van der Waals surface area contributed by atoms with E-state index in [1.165, 1.54) is 12.1 Å². The zero-order chi connectivity index (χ0) is 15.2. The molecule has 1 N–H and O–H groups in total. The molecule has 0 spiro atoms. The Labute approximate surface area is 123 Å². The lowest BCUT2D eigenvalue weighted by atomic mass is 10.1. The molecule has 1 atom stereocenters. The number of rotatable bonds is 6. The van der Waals surface area contributed by atoms with E-state index in [9.17, 15) is 8.78 Å². The van der Waals surface area contributed by atoms with Crippen molar-refractivity contribution in [1.82, 2.24) is 5.32 Å². The van der Waals surface area contributed by atoms with Gasteiger partial charge in [-0.1, -0.05) is 36.4 Å². The van der Waals surface area contributed by atoms with Crippen LogP contribution in [-0.4, -0.2) is 7.11 Å². The van der Waals surface area contributed by atoms with Crippen molar-refractivity contribution in [3.63, 3.8) is 0 Å². The van der Waals surface area contributed by atoms with Gasteiger partial charge in [0, 0.05) is 23.7 Å². The van der Waals surface area contributed by atoms with Crippen molar-refractivity contribution in [3.05, 3.63) is 65.2 Å². The molecule has 0 saturated heterocycles. The third-order valence-corrected chi connectivity index (χ3v) is 3.42. The average Bonchev–Trinajstić information content (AvgIpc) is 2.52. The number of ether oxygens (including phenoxy) is 1. The van der Waals surface area contributed by atoms with E-state index in [0.29, 0.717) is 6.54 Å². The predicted molar refractivity (Wildman–Crippen MR) is 79.6 cm³/mol. The molecule has 0 aliphatic carbocycles. The van der Waals surface area contributed by atoms with Gasteiger partial charge in [-0.15, -0.1) is 0 Å². The van der Waals surface area contributed by atoms with Crippen molar-refractivity contribution in [2.24, 2.45) is 0 Å². The molecule has 2 aromatic carbocycles. The summed E-state index contributed by atoms with van der Waals surface area (Å²) in [4.78, 5) is 0. The molecule has 0 heterocycles. The van der Waals surface area contributed by atoms with Gasteiger partial charge in [-0.25, -0.2) is 8.78 Å². The highest BCUT2D eigenvalue weighted by Gasteiger charge is 2.11. The van der Waals surface area contributed by atoms with E-state index in [0.717, 1.165) is 16.9 Å². The first kappa shape index (κ1) is 15.4. The van der Waals surface area contributed by atoms with Crippen LogP contribution in [-0.2, 0) is 6.54 Å². The fraction of sp³-hybridized carbons (Fsp3) is 0.294. The zero-order valence-corrected chi connectivity index (χ0v) is 12.1. The van der Waals surface area contributed by atoms with Gasteiger partial charge >= 0.3 is 0 Å². The Morgan fingerprint density at radius 3 is 2.57 bits per heavy atom. The maximum atomic E-state index is 12.7. The molecule has 0 amide bonds. The minimum Gasteiger partial charge on any atom is -0.496 e. The first-order valence-corrected chi connectivity index (χ1v) is 6.85. The van der Waals surface area contributed by atoms with Gasteiger partial charge in [0.05, 0.1) is 7.11 Å². The highest BCUT2D eigenvalue weighted by atomic mass is 19.3. The summed E-state index contributed by atoms with van der Waals surface area (Å²) in [6.45, 7) is 2.55. The number of halogens is 2. The smallest absolute Gasteiger partial charge is 0.263 e. The molecule has 4 heteroatoms. The van der Waals surface area contributed by atoms with E-state index in [-0.39, 0.29) is 11.6 Å². The lowest BCUT2D eigenvalue weighted by Crippen LogP contribution is -2.18. The molecule has 2 aromatic rings. The molecule has 0 radical (unpaired) electrons. The summed E-state index contributed by atoms with van der Waals surface area (Å²) in [5.41, 5.74) is 1.94. The molecule has 2 rings (SSSR count). The van der Waals surface area contributed by atoms with E-state index in [2.05, 4.69) is 5.32 Å². The lowest BCUT2D eigenvalue weighted by Gasteiger charge is -2.17. The van der Waals surface area contributed by atoms with Gasteiger partial charge in [0.15, 0.2) is 0 Å². The molecule has 0 aromatic heterocycles. The van der Waals surface area contributed by atoms with Crippen LogP contribution in [0.5, 0.6) is 5.75 Å². The Morgan fingerprint density at radius 2 is 1.86 bits per heavy atom. The van der Waals surface area contributed by atoms with Crippen LogP contribution >= 0.6 is 0 Å². The van der Waals surface area contributed by atoms with Crippen molar-refractivity contribution in [3.8, 4) is 5.75 Å². The summed E-state index contributed by atoms with van der Waals surface area (Å²) >= 11 is 0. The van der Waals surface area contributed by atoms with Gasteiger partial charge < -0.3 is 10.1 Å². The molecule has 21 heavy (non-hydrogen) atoms. The van der Waals surface area contributed by atoms with Crippen LogP contribution in [0.4, 0.5) is 8.78 Å². The number of benzene rings is 2. The topological polar surface area (TPSA) is 21.3 Å². The van der Waals surface area contributed by atoms with Crippen molar-refractivity contribution in [1.29, 1.82) is 0 Å². The van der Waals surface area contributed by atoms with Crippen molar-refractivity contribution < 1.29 is 13.5 Å². The monoisotopic (exact) mass is 291 g/mol. The first-order valence-electron chi connectivity index (χ1n) is 6.85. The van der Waals surface area contributed by atoms with Gasteiger partial charge in [-0.05, 0) is 24.6 Å². The van der Waals surface area contributed by atoms with Crippen LogP contribution in [0.3, 0.4) is 0 Å². The van der Waals surface area contributed by atoms with Crippen LogP contribution in [0.15, 0.2) is 48.5 Å². The summed E-state index contributed by atoms with van der Waals surface area (Å²) in [7, 11) is 1.64. The number of methoxy groups -OCH3 is 1. The number of para-hydroxylation sites is 1. The highest BCUT2D eigenvalue weighted by molar-refractivity contribution is 5.35. The third-order valence-electron chi connectivity index (χ3n) is 3.42. The summed E-state index contributed by atoms with van der Waals surface area (Å²) in [5.74, 6) is 0.818. The van der Waals surface area contributed by atoms with Gasteiger partial charge in [0.25, 0.3) is 6.43 Å². The average molecular weight is 291 g/mol. The predicted octanol–water partition coefficient (Wildman–Crippen LogP) is 4.48. The van der Waals surface area contributed by atoms with Gasteiger partial charge in [0.2, 0.25) is 0 Å². The largest absolute Gasteiger partial charge is 0.496 e. The number of alkyl halides is 2. The Morgan fingerprint density at radius 1 is 1.10 bits per heavy atom. The lowest BCUT2D eigenvalue weighted by molar-refractivity contribution is 0.151. The minimum atomic E-state index is -2.43. The summed E-state index contributed by atoms with van der Waals surface area (Å²) in [5, 5.41) is 3.33. The van der Waals surface area contributed by atoms with Crippen LogP contribution in [0.25, 0.3) is 0 Å². The normalized spacial score (nSPS) is 12.4. The summed E-state index contributed by atoms with van der Waals surface area (Å²) in [6.07, 6.45) is -2.43. The van der Waals surface area contributed by atoms with E-state index in [1.807, 2.05) is 37.3 Å². The third kappa shape index (κ3) is 4.02. The van der Waals surface area contributed by atoms with E-state index >= 15 is 0 Å². The summed E-state index contributed by atoms with van der Waals surface area (Å²) in [6, 6.07) is 14.3. The Bertz CT molecular complexity index is 587. The molecular formula is C17H19F2NO. The van der Waals surface area contributed by atoms with Crippen LogP contribution < -0.4 is 10.1 Å². The highest BCUT2D eigenvalue weighted by Crippen LogP contribution is 2.25. The zero-order valence-electron chi connectivity index (χ0n) is 12.1. The molecule has 0 aliphatic rings. The molecule has 0 fully saturated rings. The Hall–Kier alpha value is -1.94. The van der Waals surface area contributed by atoms with Gasteiger partial charge in [0.1, 0.15) is 5.75 Å². The van der Waals surface area contributed by atoms with Crippen LogP contribution in [0.1, 0.15) is 36.1 Å². The van der Waals surface area contributed by atoms with Crippen LogP contribution in [0, 0.1) is 0 Å². The minimum absolute atomic E-state index is 0.0549. The standard InChI is InChI=1S/C17H19F2NO/c1-12(15-8-3-4-9-16(15)21-2)20-11-13-6-5-7-14(10-13)17(18)19/h3-10,12,17,20H,11H2,1-2H3/t12-/m1/s1. The Kier molecular flexibility index (Phi) is 5.28. The van der Waals surface area contributed by atoms with E-state index < -0.39 is 6.43 Å². The SMILES string of the molecule is COc1ccccc1[C@@H](C)NCc1cccc(C(F)F)c1. The van der Waals surface area contributed by atoms with E-state index in [4.69, 9.17) is 4.74 Å². The fourth-order valence-electron chi connectivity index (χ4n) is 2.24. The van der Waals surface area contributed by atoms with Crippen molar-refractivity contribution >= 4 is 0 Å². The molecular weight excluding hydrogens is 272 g/mol. The number of hydrogen-bond acceptors (Lipinski definition) is 2. The second kappa shape index (κ2) is 7.18. The summed E-state index contributed by atoms with van der Waals surface area (Å²) < 4.78 is 30.7. The Balaban J connectivity index is 2.04. The van der Waals surface area contributed by atoms with Gasteiger partial charge in [-0.2, -0.15) is 0 Å². The molecule has 2 nitrogen and oxygen atoms in total. The number of hydrogen-bond donors (Lipinski definition) is 1. The van der Waals surface area contributed by atoms with Crippen LogP contribution in [0.2, 0.25) is 0 Å². The molecule has 0 aliphatic heterocycles. The quantitative estimate of drug-likeness (QED) is 0.847. The van der Waals surface area contributed by atoms with Gasteiger partial charge in [-0.3, -0.25) is 0 Å². The number of nitrogens with one attached hydrogen (secondary N) is 1. The molecule has 0 saturated carbocycles. The second-order valence-corrected chi connectivity index (χ2v) is 4.89. The van der Waals surface area contributed by atoms with Crippen molar-refractivity contribution in [2.75, 3.05) is 7.11 Å². The van der Waals surface area contributed by atoms with Crippen molar-refractivity contribution in [2.45, 2.75) is 25.9 Å². The molecule has 0 unspecified atom stereocenters. The maximum absolute atomic E-state index is 12.7. The fourth-order valence-corrected chi connectivity index (χ4v) is 2.24. The van der Waals surface area contributed by atoms with E-state index in [1.54, 1.807) is 13.2 Å². The maximum Gasteiger partial charge on any atom is 0.263 e. The second-order valence-electron chi connectivity index (χ2n) is 4.89.